The molecule has 2 rings (SSSR count). The number of carbonyl (C=O) groups excluding carboxylic acids is 1. The predicted octanol–water partition coefficient (Wildman–Crippen LogP) is 4.16. The Morgan fingerprint density at radius 3 is 2.64 bits per heavy atom. The highest BCUT2D eigenvalue weighted by Crippen LogP contribution is 2.28. The van der Waals surface area contributed by atoms with Crippen LogP contribution in [0.4, 0.5) is 5.13 Å². The van der Waals surface area contributed by atoms with Gasteiger partial charge in [0.05, 0.1) is 5.02 Å². The van der Waals surface area contributed by atoms with Crippen molar-refractivity contribution < 1.29 is 9.53 Å². The van der Waals surface area contributed by atoms with Crippen molar-refractivity contribution in [3.63, 3.8) is 0 Å². The van der Waals surface area contributed by atoms with Crippen molar-refractivity contribution in [2.24, 2.45) is 0 Å². The highest BCUT2D eigenvalue weighted by atomic mass is 35.5. The largest absolute Gasteiger partial charge is 0.482 e. The van der Waals surface area contributed by atoms with Gasteiger partial charge in [0, 0.05) is 10.4 Å². The van der Waals surface area contributed by atoms with Crippen molar-refractivity contribution >= 4 is 45.6 Å². The van der Waals surface area contributed by atoms with E-state index in [-0.39, 0.29) is 17.9 Å². The summed E-state index contributed by atoms with van der Waals surface area (Å²) in [5, 5.41) is 12.8. The number of rotatable bonds is 4. The van der Waals surface area contributed by atoms with Gasteiger partial charge in [-0.1, -0.05) is 55.3 Å². The molecule has 8 heteroatoms. The molecule has 0 bridgehead atoms. The molecule has 1 aromatic carbocycles. The van der Waals surface area contributed by atoms with Gasteiger partial charge in [-0.2, -0.15) is 0 Å². The van der Waals surface area contributed by atoms with Crippen LogP contribution in [-0.4, -0.2) is 22.7 Å². The molecule has 0 radical (unpaired) electrons. The summed E-state index contributed by atoms with van der Waals surface area (Å²) in [5.74, 6) is 0.0662. The summed E-state index contributed by atoms with van der Waals surface area (Å²) >= 11 is 13.1. The summed E-state index contributed by atoms with van der Waals surface area (Å²) in [4.78, 5) is 11.9. The van der Waals surface area contributed by atoms with Gasteiger partial charge in [-0.05, 0) is 18.2 Å². The van der Waals surface area contributed by atoms with E-state index in [9.17, 15) is 4.79 Å². The van der Waals surface area contributed by atoms with E-state index in [1.165, 1.54) is 11.3 Å². The van der Waals surface area contributed by atoms with Gasteiger partial charge in [-0.25, -0.2) is 0 Å². The van der Waals surface area contributed by atoms with Crippen LogP contribution in [0.1, 0.15) is 25.8 Å². The quantitative estimate of drug-likeness (QED) is 0.889. The maximum absolute atomic E-state index is 11.9. The zero-order valence-corrected chi connectivity index (χ0v) is 14.6. The summed E-state index contributed by atoms with van der Waals surface area (Å²) in [5.41, 5.74) is -0.103. The topological polar surface area (TPSA) is 64.1 Å². The predicted molar refractivity (Wildman–Crippen MR) is 89.2 cm³/mol. The third-order valence-corrected chi connectivity index (χ3v) is 4.36. The summed E-state index contributed by atoms with van der Waals surface area (Å²) in [6.45, 7) is 5.92. The molecule has 118 valence electrons. The van der Waals surface area contributed by atoms with Crippen LogP contribution in [0.2, 0.25) is 10.0 Å². The van der Waals surface area contributed by atoms with Gasteiger partial charge in [0.2, 0.25) is 5.13 Å². The number of anilines is 1. The molecule has 0 spiro atoms. The van der Waals surface area contributed by atoms with Crippen molar-refractivity contribution in [2.45, 2.75) is 26.2 Å². The Kier molecular flexibility index (Phi) is 5.26. The van der Waals surface area contributed by atoms with Gasteiger partial charge < -0.3 is 4.74 Å². The van der Waals surface area contributed by atoms with Crippen LogP contribution in [0.15, 0.2) is 18.2 Å². The first kappa shape index (κ1) is 17.0. The molecule has 0 aliphatic heterocycles. The standard InChI is InChI=1S/C14H15Cl2N3O2S/c1-14(2,3)12-18-19-13(22-12)17-11(20)7-21-10-5-4-8(15)6-9(10)16/h4-6H,7H2,1-3H3,(H,17,19,20). The Morgan fingerprint density at radius 2 is 2.05 bits per heavy atom. The zero-order valence-electron chi connectivity index (χ0n) is 12.3. The Labute approximate surface area is 142 Å². The van der Waals surface area contributed by atoms with Crippen molar-refractivity contribution in [2.75, 3.05) is 11.9 Å². The SMILES string of the molecule is CC(C)(C)c1nnc(NC(=O)COc2ccc(Cl)cc2Cl)s1. The first-order valence-corrected chi connectivity index (χ1v) is 8.04. The lowest BCUT2D eigenvalue weighted by molar-refractivity contribution is -0.118. The van der Waals surface area contributed by atoms with Crippen LogP contribution in [0.3, 0.4) is 0 Å². The lowest BCUT2D eigenvalue weighted by Crippen LogP contribution is -2.20. The van der Waals surface area contributed by atoms with Crippen LogP contribution in [0, 0.1) is 0 Å². The van der Waals surface area contributed by atoms with Crippen molar-refractivity contribution in [1.29, 1.82) is 0 Å². The first-order valence-electron chi connectivity index (χ1n) is 6.47. The highest BCUT2D eigenvalue weighted by Gasteiger charge is 2.20. The number of carbonyl (C=O) groups is 1. The third-order valence-electron chi connectivity index (χ3n) is 2.57. The minimum atomic E-state index is -0.331. The smallest absolute Gasteiger partial charge is 0.264 e. The van der Waals surface area contributed by atoms with Gasteiger partial charge in [-0.15, -0.1) is 10.2 Å². The van der Waals surface area contributed by atoms with Gasteiger partial charge in [0.25, 0.3) is 5.91 Å². The Bertz CT molecular complexity index is 683. The van der Waals surface area contributed by atoms with E-state index in [1.54, 1.807) is 18.2 Å². The maximum Gasteiger partial charge on any atom is 0.264 e. The molecule has 0 unspecified atom stereocenters. The summed E-state index contributed by atoms with van der Waals surface area (Å²) < 4.78 is 5.35. The number of amides is 1. The van der Waals surface area contributed by atoms with Crippen LogP contribution in [-0.2, 0) is 10.2 Å². The van der Waals surface area contributed by atoms with E-state index in [0.29, 0.717) is 20.9 Å². The molecule has 0 aliphatic carbocycles. The van der Waals surface area contributed by atoms with Gasteiger partial charge >= 0.3 is 0 Å². The Morgan fingerprint density at radius 1 is 1.32 bits per heavy atom. The fraction of sp³-hybridized carbons (Fsp3) is 0.357. The normalized spacial score (nSPS) is 11.3. The number of ether oxygens (including phenoxy) is 1. The number of nitrogens with zero attached hydrogens (tertiary/aromatic N) is 2. The highest BCUT2D eigenvalue weighted by molar-refractivity contribution is 7.15. The summed E-state index contributed by atoms with van der Waals surface area (Å²) in [6.07, 6.45) is 0. The molecule has 5 nitrogen and oxygen atoms in total. The third kappa shape index (κ3) is 4.56. The average molecular weight is 360 g/mol. The summed E-state index contributed by atoms with van der Waals surface area (Å²) in [6, 6.07) is 4.80. The molecule has 0 aliphatic rings. The van der Waals surface area contributed by atoms with E-state index in [4.69, 9.17) is 27.9 Å². The van der Waals surface area contributed by atoms with Crippen molar-refractivity contribution in [3.8, 4) is 5.75 Å². The van der Waals surface area contributed by atoms with E-state index in [0.717, 1.165) is 5.01 Å². The minimum Gasteiger partial charge on any atom is -0.482 e. The monoisotopic (exact) mass is 359 g/mol. The van der Waals surface area contributed by atoms with Gasteiger partial charge in [-0.3, -0.25) is 10.1 Å². The number of halogens is 2. The van der Waals surface area contributed by atoms with Crippen molar-refractivity contribution in [3.05, 3.63) is 33.3 Å². The number of benzene rings is 1. The number of aromatic nitrogens is 2. The lowest BCUT2D eigenvalue weighted by atomic mass is 9.98. The minimum absolute atomic E-state index is 0.103. The molecule has 1 heterocycles. The molecule has 0 saturated carbocycles. The molecular formula is C14H15Cl2N3O2S. The molecular weight excluding hydrogens is 345 g/mol. The van der Waals surface area contributed by atoms with E-state index in [1.807, 2.05) is 20.8 Å². The van der Waals surface area contributed by atoms with E-state index in [2.05, 4.69) is 15.5 Å². The Balaban J connectivity index is 1.92. The maximum atomic E-state index is 11.9. The van der Waals surface area contributed by atoms with E-state index < -0.39 is 0 Å². The number of hydrogen-bond donors (Lipinski definition) is 1. The molecule has 1 N–H and O–H groups in total. The van der Waals surface area contributed by atoms with Gasteiger partial charge in [0.1, 0.15) is 10.8 Å². The number of nitrogens with one attached hydrogen (secondary N) is 1. The van der Waals surface area contributed by atoms with Crippen LogP contribution >= 0.6 is 34.5 Å². The van der Waals surface area contributed by atoms with Crippen LogP contribution in [0.5, 0.6) is 5.75 Å². The molecule has 22 heavy (non-hydrogen) atoms. The van der Waals surface area contributed by atoms with E-state index >= 15 is 0 Å². The molecule has 1 aromatic heterocycles. The van der Waals surface area contributed by atoms with Crippen LogP contribution in [0.25, 0.3) is 0 Å². The average Bonchev–Trinajstić information content (AvgIpc) is 2.86. The molecule has 0 fully saturated rings. The summed E-state index contributed by atoms with van der Waals surface area (Å²) in [7, 11) is 0. The Hall–Kier alpha value is -1.37. The molecule has 0 atom stereocenters. The molecule has 2 aromatic rings. The fourth-order valence-electron chi connectivity index (χ4n) is 1.47. The second-order valence-corrected chi connectivity index (χ2v) is 7.40. The number of hydrogen-bond acceptors (Lipinski definition) is 5. The second kappa shape index (κ2) is 6.81. The second-order valence-electron chi connectivity index (χ2n) is 5.57. The lowest BCUT2D eigenvalue weighted by Gasteiger charge is -2.12. The first-order chi connectivity index (χ1) is 10.3. The fourth-order valence-corrected chi connectivity index (χ4v) is 2.75. The zero-order chi connectivity index (χ0) is 16.3. The molecule has 1 amide bonds. The molecule has 0 saturated heterocycles. The van der Waals surface area contributed by atoms with Crippen molar-refractivity contribution in [1.82, 2.24) is 10.2 Å². The van der Waals surface area contributed by atoms with Gasteiger partial charge in [0.15, 0.2) is 6.61 Å². The van der Waals surface area contributed by atoms with Crippen LogP contribution < -0.4 is 10.1 Å².